The minimum Gasteiger partial charge on any atom is -0.309 e. The summed E-state index contributed by atoms with van der Waals surface area (Å²) in [5, 5.41) is 2.74. The Morgan fingerprint density at radius 2 is 1.63 bits per heavy atom. The molecular weight excluding hydrogens is 319 g/mol. The monoisotopic (exact) mass is 329 g/mol. The summed E-state index contributed by atoms with van der Waals surface area (Å²) in [7, 11) is 1.53. The standard InChI is InChI=1S/C14H11BrF3N/c1-19-14(9-6-5-8(15)7-12(9)18)13-10(16)3-2-4-11(13)17/h2-7,14,19H,1H3. The van der Waals surface area contributed by atoms with Crippen molar-refractivity contribution in [2.45, 2.75) is 6.04 Å². The highest BCUT2D eigenvalue weighted by Crippen LogP contribution is 2.29. The van der Waals surface area contributed by atoms with Crippen LogP contribution in [-0.4, -0.2) is 7.05 Å². The first-order valence-corrected chi connectivity index (χ1v) is 6.40. The molecule has 1 atom stereocenters. The van der Waals surface area contributed by atoms with E-state index < -0.39 is 23.5 Å². The van der Waals surface area contributed by atoms with E-state index >= 15 is 0 Å². The van der Waals surface area contributed by atoms with Gasteiger partial charge in [0.05, 0.1) is 6.04 Å². The number of hydrogen-bond donors (Lipinski definition) is 1. The summed E-state index contributed by atoms with van der Waals surface area (Å²) in [5.74, 6) is -1.94. The van der Waals surface area contributed by atoms with Gasteiger partial charge in [0.25, 0.3) is 0 Å². The molecule has 0 spiro atoms. The molecule has 0 aliphatic carbocycles. The fourth-order valence-electron chi connectivity index (χ4n) is 1.98. The first-order chi connectivity index (χ1) is 9.04. The molecule has 0 heterocycles. The van der Waals surface area contributed by atoms with E-state index in [1.165, 1.54) is 25.2 Å². The van der Waals surface area contributed by atoms with Crippen molar-refractivity contribution >= 4 is 15.9 Å². The van der Waals surface area contributed by atoms with Gasteiger partial charge in [-0.25, -0.2) is 13.2 Å². The Balaban J connectivity index is 2.56. The van der Waals surface area contributed by atoms with E-state index in [0.29, 0.717) is 4.47 Å². The maximum absolute atomic E-state index is 13.9. The molecule has 19 heavy (non-hydrogen) atoms. The van der Waals surface area contributed by atoms with Gasteiger partial charge in [0.15, 0.2) is 0 Å². The van der Waals surface area contributed by atoms with Crippen LogP contribution in [0.5, 0.6) is 0 Å². The Morgan fingerprint density at radius 1 is 1.00 bits per heavy atom. The Labute approximate surface area is 117 Å². The van der Waals surface area contributed by atoms with Crippen molar-refractivity contribution in [3.8, 4) is 0 Å². The molecule has 100 valence electrons. The lowest BCUT2D eigenvalue weighted by atomic mass is 9.97. The van der Waals surface area contributed by atoms with Crippen LogP contribution in [0.25, 0.3) is 0 Å². The fourth-order valence-corrected chi connectivity index (χ4v) is 2.31. The van der Waals surface area contributed by atoms with Crippen LogP contribution in [0.1, 0.15) is 17.2 Å². The largest absolute Gasteiger partial charge is 0.309 e. The van der Waals surface area contributed by atoms with E-state index in [4.69, 9.17) is 0 Å². The molecule has 2 aromatic carbocycles. The predicted molar refractivity (Wildman–Crippen MR) is 71.4 cm³/mol. The average Bonchev–Trinajstić information content (AvgIpc) is 2.35. The molecule has 0 fully saturated rings. The number of rotatable bonds is 3. The third-order valence-electron chi connectivity index (χ3n) is 2.85. The second-order valence-electron chi connectivity index (χ2n) is 4.02. The highest BCUT2D eigenvalue weighted by atomic mass is 79.9. The fraction of sp³-hybridized carbons (Fsp3) is 0.143. The normalized spacial score (nSPS) is 12.5. The first kappa shape index (κ1) is 14.1. The van der Waals surface area contributed by atoms with Crippen molar-refractivity contribution in [1.82, 2.24) is 5.32 Å². The zero-order chi connectivity index (χ0) is 14.0. The molecule has 2 rings (SSSR count). The molecule has 0 radical (unpaired) electrons. The van der Waals surface area contributed by atoms with Crippen molar-refractivity contribution in [2.24, 2.45) is 0 Å². The number of benzene rings is 2. The zero-order valence-corrected chi connectivity index (χ0v) is 11.6. The molecular formula is C14H11BrF3N. The Kier molecular flexibility index (Phi) is 4.27. The molecule has 2 aromatic rings. The maximum Gasteiger partial charge on any atom is 0.131 e. The second kappa shape index (κ2) is 5.75. The van der Waals surface area contributed by atoms with Crippen LogP contribution < -0.4 is 5.32 Å². The lowest BCUT2D eigenvalue weighted by Crippen LogP contribution is -2.21. The van der Waals surface area contributed by atoms with Crippen molar-refractivity contribution in [2.75, 3.05) is 7.05 Å². The zero-order valence-electron chi connectivity index (χ0n) is 10.1. The van der Waals surface area contributed by atoms with Crippen LogP contribution in [0.4, 0.5) is 13.2 Å². The minimum absolute atomic E-state index is 0.189. The minimum atomic E-state index is -0.880. The van der Waals surface area contributed by atoms with Crippen molar-refractivity contribution in [3.05, 3.63) is 69.4 Å². The Morgan fingerprint density at radius 3 is 2.16 bits per heavy atom. The van der Waals surface area contributed by atoms with Gasteiger partial charge in [-0.2, -0.15) is 0 Å². The summed E-state index contributed by atoms with van der Waals surface area (Å²) in [6.07, 6.45) is 0. The molecule has 1 nitrogen and oxygen atoms in total. The van der Waals surface area contributed by atoms with Crippen molar-refractivity contribution < 1.29 is 13.2 Å². The van der Waals surface area contributed by atoms with Crippen LogP contribution >= 0.6 is 15.9 Å². The highest BCUT2D eigenvalue weighted by molar-refractivity contribution is 9.10. The van der Waals surface area contributed by atoms with Crippen LogP contribution in [0, 0.1) is 17.5 Å². The van der Waals surface area contributed by atoms with Crippen LogP contribution in [0.15, 0.2) is 40.9 Å². The quantitative estimate of drug-likeness (QED) is 0.890. The first-order valence-electron chi connectivity index (χ1n) is 5.60. The maximum atomic E-state index is 13.9. The smallest absolute Gasteiger partial charge is 0.131 e. The average molecular weight is 330 g/mol. The van der Waals surface area contributed by atoms with Crippen molar-refractivity contribution in [3.63, 3.8) is 0 Å². The summed E-state index contributed by atoms with van der Waals surface area (Å²) in [6, 6.07) is 7.08. The highest BCUT2D eigenvalue weighted by Gasteiger charge is 2.22. The second-order valence-corrected chi connectivity index (χ2v) is 4.94. The van der Waals surface area contributed by atoms with Gasteiger partial charge in [0.1, 0.15) is 17.5 Å². The third kappa shape index (κ3) is 2.82. The predicted octanol–water partition coefficient (Wildman–Crippen LogP) is 4.18. The molecule has 0 saturated carbocycles. The summed E-state index contributed by atoms with van der Waals surface area (Å²) in [5.41, 5.74) is 0.000854. The van der Waals surface area contributed by atoms with Gasteiger partial charge in [-0.15, -0.1) is 0 Å². The molecule has 1 unspecified atom stereocenters. The van der Waals surface area contributed by atoms with Gasteiger partial charge in [-0.1, -0.05) is 28.1 Å². The SMILES string of the molecule is CNC(c1ccc(Br)cc1F)c1c(F)cccc1F. The summed E-state index contributed by atoms with van der Waals surface area (Å²) < 4.78 is 42.0. The van der Waals surface area contributed by atoms with E-state index in [2.05, 4.69) is 21.2 Å². The van der Waals surface area contributed by atoms with Gasteiger partial charge in [0, 0.05) is 15.6 Å². The molecule has 0 aliphatic heterocycles. The van der Waals surface area contributed by atoms with Crippen molar-refractivity contribution in [1.29, 1.82) is 0 Å². The van der Waals surface area contributed by atoms with Gasteiger partial charge in [-0.05, 0) is 31.3 Å². The molecule has 0 bridgehead atoms. The van der Waals surface area contributed by atoms with E-state index in [0.717, 1.165) is 12.1 Å². The van der Waals surface area contributed by atoms with Gasteiger partial charge >= 0.3 is 0 Å². The number of halogens is 4. The lowest BCUT2D eigenvalue weighted by Gasteiger charge is -2.19. The van der Waals surface area contributed by atoms with E-state index in [-0.39, 0.29) is 11.1 Å². The van der Waals surface area contributed by atoms with E-state index in [1.54, 1.807) is 6.07 Å². The summed E-state index contributed by atoms with van der Waals surface area (Å²) in [4.78, 5) is 0. The molecule has 5 heteroatoms. The van der Waals surface area contributed by atoms with E-state index in [9.17, 15) is 13.2 Å². The molecule has 0 amide bonds. The lowest BCUT2D eigenvalue weighted by molar-refractivity contribution is 0.507. The summed E-state index contributed by atoms with van der Waals surface area (Å²) in [6.45, 7) is 0. The third-order valence-corrected chi connectivity index (χ3v) is 3.34. The van der Waals surface area contributed by atoms with Gasteiger partial charge in [-0.3, -0.25) is 0 Å². The van der Waals surface area contributed by atoms with Gasteiger partial charge < -0.3 is 5.32 Å². The molecule has 0 saturated heterocycles. The van der Waals surface area contributed by atoms with Crippen LogP contribution in [-0.2, 0) is 0 Å². The summed E-state index contributed by atoms with van der Waals surface area (Å²) >= 11 is 3.14. The topological polar surface area (TPSA) is 12.0 Å². The molecule has 1 N–H and O–H groups in total. The Bertz CT molecular complexity index is 581. The number of hydrogen-bond acceptors (Lipinski definition) is 1. The number of nitrogens with one attached hydrogen (secondary N) is 1. The van der Waals surface area contributed by atoms with Gasteiger partial charge in [0.2, 0.25) is 0 Å². The van der Waals surface area contributed by atoms with E-state index in [1.807, 2.05) is 0 Å². The molecule has 0 aliphatic rings. The van der Waals surface area contributed by atoms with Crippen LogP contribution in [0.3, 0.4) is 0 Å². The van der Waals surface area contributed by atoms with Crippen LogP contribution in [0.2, 0.25) is 0 Å². The Hall–Kier alpha value is -1.33. The molecule has 0 aromatic heterocycles.